The molecule has 1 amide bonds. The number of carbonyl (C=O) groups excluding carboxylic acids is 1. The van der Waals surface area contributed by atoms with E-state index in [0.717, 1.165) is 51.4 Å². The third-order valence-corrected chi connectivity index (χ3v) is 5.76. The van der Waals surface area contributed by atoms with E-state index in [-0.39, 0.29) is 12.8 Å². The van der Waals surface area contributed by atoms with Crippen LogP contribution in [0.4, 0.5) is 39.5 Å². The minimum absolute atomic E-state index is 0.158. The molecule has 0 spiro atoms. The monoisotopic (exact) mass is 515 g/mol. The Morgan fingerprint density at radius 2 is 0.853 bits per heavy atom. The summed E-state index contributed by atoms with van der Waals surface area (Å²) in [6.07, 6.45) is 3.42. The van der Waals surface area contributed by atoms with Crippen LogP contribution in [-0.2, 0) is 4.79 Å². The topological polar surface area (TPSA) is 20.3 Å². The van der Waals surface area contributed by atoms with Crippen molar-refractivity contribution in [2.45, 2.75) is 128 Å². The van der Waals surface area contributed by atoms with Gasteiger partial charge in [-0.1, -0.05) is 90.9 Å². The van der Waals surface area contributed by atoms with E-state index in [9.17, 15) is 44.3 Å². The molecule has 0 bridgehead atoms. The minimum atomic E-state index is -7.07. The maximum Gasteiger partial charge on any atom is 0.460 e. The fraction of sp³-hybridized carbons (Fsp3) is 0.957. The third-order valence-electron chi connectivity index (χ3n) is 5.76. The molecule has 0 unspecified atom stereocenters. The highest BCUT2D eigenvalue weighted by Gasteiger charge is 2.84. The van der Waals surface area contributed by atoms with Gasteiger partial charge < -0.3 is 4.90 Å². The van der Waals surface area contributed by atoms with Gasteiger partial charge in [0.25, 0.3) is 5.91 Å². The number of hydrogen-bond donors (Lipinski definition) is 0. The second-order valence-corrected chi connectivity index (χ2v) is 8.76. The summed E-state index contributed by atoms with van der Waals surface area (Å²) in [5.41, 5.74) is 0. The Kier molecular flexibility index (Phi) is 14.5. The summed E-state index contributed by atoms with van der Waals surface area (Å²) in [5.74, 6) is -22.9. The summed E-state index contributed by atoms with van der Waals surface area (Å²) in [6.45, 7) is 3.22. The maximum atomic E-state index is 14.2. The summed E-state index contributed by atoms with van der Waals surface area (Å²) in [7, 11) is 0. The van der Waals surface area contributed by atoms with E-state index < -0.39 is 42.9 Å². The first-order valence-electron chi connectivity index (χ1n) is 12.2. The summed E-state index contributed by atoms with van der Waals surface area (Å²) >= 11 is 0. The molecule has 0 N–H and O–H groups in total. The summed E-state index contributed by atoms with van der Waals surface area (Å²) in [4.78, 5) is 12.5. The van der Waals surface area contributed by atoms with Gasteiger partial charge in [0.2, 0.25) is 0 Å². The molecule has 0 rings (SSSR count). The number of nitrogens with zero attached hydrogens (tertiary/aromatic N) is 1. The van der Waals surface area contributed by atoms with Crippen molar-refractivity contribution >= 4 is 5.91 Å². The molecule has 0 aromatic rings. The van der Waals surface area contributed by atoms with Crippen molar-refractivity contribution in [1.82, 2.24) is 4.90 Å². The summed E-state index contributed by atoms with van der Waals surface area (Å²) < 4.78 is 119. The standard InChI is InChI=1S/C23H38F9NO/c1-3-5-7-9-11-13-15-17-33(18-16-14-12-10-8-6-4-2)19(34)20(24,25)21(26,27)22(28,29)23(30,31)32/h3-18H2,1-2H3. The van der Waals surface area contributed by atoms with E-state index in [4.69, 9.17) is 0 Å². The molecule has 0 fully saturated rings. The maximum absolute atomic E-state index is 14.2. The Bertz CT molecular complexity index is 547. The van der Waals surface area contributed by atoms with Crippen molar-refractivity contribution in [2.24, 2.45) is 0 Å². The second kappa shape index (κ2) is 15.1. The fourth-order valence-corrected chi connectivity index (χ4v) is 3.54. The van der Waals surface area contributed by atoms with Gasteiger partial charge in [-0.05, 0) is 12.8 Å². The molecule has 0 saturated carbocycles. The van der Waals surface area contributed by atoms with Crippen LogP contribution >= 0.6 is 0 Å². The normalized spacial score (nSPS) is 13.4. The van der Waals surface area contributed by atoms with Crippen LogP contribution in [0.25, 0.3) is 0 Å². The molecular weight excluding hydrogens is 477 g/mol. The van der Waals surface area contributed by atoms with E-state index in [0.29, 0.717) is 30.6 Å². The smallest absolute Gasteiger partial charge is 0.337 e. The largest absolute Gasteiger partial charge is 0.460 e. The molecule has 11 heteroatoms. The van der Waals surface area contributed by atoms with Crippen LogP contribution in [0.15, 0.2) is 0 Å². The molecule has 0 aromatic heterocycles. The Hall–Kier alpha value is -1.16. The van der Waals surface area contributed by atoms with Gasteiger partial charge in [0.05, 0.1) is 0 Å². The Balaban J connectivity index is 5.24. The second-order valence-electron chi connectivity index (χ2n) is 8.76. The van der Waals surface area contributed by atoms with Crippen LogP contribution in [0, 0.1) is 0 Å². The Labute approximate surface area is 196 Å². The number of halogens is 9. The molecule has 0 aliphatic heterocycles. The number of amides is 1. The van der Waals surface area contributed by atoms with Gasteiger partial charge >= 0.3 is 23.9 Å². The van der Waals surface area contributed by atoms with Crippen molar-refractivity contribution in [2.75, 3.05) is 13.1 Å². The van der Waals surface area contributed by atoms with Gasteiger partial charge in [0.15, 0.2) is 0 Å². The fourth-order valence-electron chi connectivity index (χ4n) is 3.54. The van der Waals surface area contributed by atoms with E-state index in [1.807, 2.05) is 13.8 Å². The zero-order chi connectivity index (χ0) is 26.5. The molecule has 0 aliphatic rings. The predicted molar refractivity (Wildman–Crippen MR) is 113 cm³/mol. The lowest BCUT2D eigenvalue weighted by Gasteiger charge is -2.35. The molecule has 0 aromatic carbocycles. The minimum Gasteiger partial charge on any atom is -0.337 e. The number of alkyl halides is 9. The van der Waals surface area contributed by atoms with Crippen LogP contribution < -0.4 is 0 Å². The van der Waals surface area contributed by atoms with Crippen molar-refractivity contribution in [3.8, 4) is 0 Å². The summed E-state index contributed by atoms with van der Waals surface area (Å²) in [5, 5.41) is 0. The Morgan fingerprint density at radius 3 is 1.18 bits per heavy atom. The first-order valence-corrected chi connectivity index (χ1v) is 12.2. The number of carbonyl (C=O) groups is 1. The average molecular weight is 516 g/mol. The van der Waals surface area contributed by atoms with Crippen LogP contribution in [-0.4, -0.2) is 47.8 Å². The van der Waals surface area contributed by atoms with E-state index in [2.05, 4.69) is 0 Å². The lowest BCUT2D eigenvalue weighted by atomic mass is 10.0. The van der Waals surface area contributed by atoms with Crippen LogP contribution in [0.3, 0.4) is 0 Å². The van der Waals surface area contributed by atoms with Gasteiger partial charge in [-0.15, -0.1) is 0 Å². The first-order chi connectivity index (χ1) is 15.7. The SMILES string of the molecule is CCCCCCCCCN(CCCCCCCCC)C(=O)C(F)(F)C(F)(F)C(F)(F)C(F)(F)F. The van der Waals surface area contributed by atoms with Gasteiger partial charge in [-0.25, -0.2) is 0 Å². The molecule has 0 radical (unpaired) electrons. The number of unbranched alkanes of at least 4 members (excludes halogenated alkanes) is 12. The van der Waals surface area contributed by atoms with Gasteiger partial charge in [0.1, 0.15) is 0 Å². The zero-order valence-corrected chi connectivity index (χ0v) is 20.1. The van der Waals surface area contributed by atoms with Crippen molar-refractivity contribution in [3.05, 3.63) is 0 Å². The first kappa shape index (κ1) is 32.8. The summed E-state index contributed by atoms with van der Waals surface area (Å²) in [6, 6.07) is 0. The lowest BCUT2D eigenvalue weighted by Crippen LogP contribution is -2.65. The van der Waals surface area contributed by atoms with Crippen LogP contribution in [0.2, 0.25) is 0 Å². The highest BCUT2D eigenvalue weighted by atomic mass is 19.4. The predicted octanol–water partition coefficient (Wildman–Crippen LogP) is 8.78. The lowest BCUT2D eigenvalue weighted by molar-refractivity contribution is -0.389. The van der Waals surface area contributed by atoms with Gasteiger partial charge in [0, 0.05) is 13.1 Å². The number of rotatable bonds is 19. The van der Waals surface area contributed by atoms with Crippen molar-refractivity contribution < 1.29 is 44.3 Å². The molecule has 2 nitrogen and oxygen atoms in total. The highest BCUT2D eigenvalue weighted by molar-refractivity contribution is 5.85. The van der Waals surface area contributed by atoms with Crippen molar-refractivity contribution in [1.29, 1.82) is 0 Å². The van der Waals surface area contributed by atoms with Crippen LogP contribution in [0.5, 0.6) is 0 Å². The average Bonchev–Trinajstić information content (AvgIpc) is 2.74. The zero-order valence-electron chi connectivity index (χ0n) is 20.1. The van der Waals surface area contributed by atoms with E-state index >= 15 is 0 Å². The van der Waals surface area contributed by atoms with E-state index in [1.54, 1.807) is 0 Å². The van der Waals surface area contributed by atoms with Gasteiger partial charge in [-0.3, -0.25) is 4.79 Å². The molecule has 204 valence electrons. The molecule has 0 aliphatic carbocycles. The van der Waals surface area contributed by atoms with E-state index in [1.165, 1.54) is 0 Å². The number of hydrogen-bond acceptors (Lipinski definition) is 1. The highest BCUT2D eigenvalue weighted by Crippen LogP contribution is 2.53. The molecule has 0 heterocycles. The molecule has 0 saturated heterocycles. The Morgan fingerprint density at radius 1 is 0.529 bits per heavy atom. The van der Waals surface area contributed by atoms with Crippen LogP contribution in [0.1, 0.15) is 104 Å². The molecule has 34 heavy (non-hydrogen) atoms. The van der Waals surface area contributed by atoms with Crippen molar-refractivity contribution in [3.63, 3.8) is 0 Å². The third kappa shape index (κ3) is 9.47. The molecule has 0 atom stereocenters. The molecular formula is C23H38F9NO. The van der Waals surface area contributed by atoms with Gasteiger partial charge in [-0.2, -0.15) is 39.5 Å². The quantitative estimate of drug-likeness (QED) is 0.124.